The molecular weight excluding hydrogens is 236 g/mol. The summed E-state index contributed by atoms with van der Waals surface area (Å²) < 4.78 is 99.5. The van der Waals surface area contributed by atoms with Crippen LogP contribution in [0.4, 0.5) is 35.1 Å². The van der Waals surface area contributed by atoms with Crippen molar-refractivity contribution in [1.29, 1.82) is 0 Å². The van der Waals surface area contributed by atoms with E-state index in [0.717, 1.165) is 0 Å². The highest BCUT2D eigenvalue weighted by Gasteiger charge is 2.99. The normalized spacial score (nSPS) is 37.2. The largest absolute Gasteiger partial charge is 0.429 e. The zero-order valence-corrected chi connectivity index (χ0v) is 7.52. The maximum atomic E-state index is 13.1. The van der Waals surface area contributed by atoms with Gasteiger partial charge in [-0.2, -0.15) is 30.7 Å². The predicted octanol–water partition coefficient (Wildman–Crippen LogP) is 3.57. The van der Waals surface area contributed by atoms with E-state index in [2.05, 4.69) is 0 Å². The molecular formula is C7H6F8. The Morgan fingerprint density at radius 2 is 1.07 bits per heavy atom. The summed E-state index contributed by atoms with van der Waals surface area (Å²) in [6.07, 6.45) is -6.04. The summed E-state index contributed by atoms with van der Waals surface area (Å²) in [4.78, 5) is 0. The fourth-order valence-electron chi connectivity index (χ4n) is 1.69. The van der Waals surface area contributed by atoms with Crippen molar-refractivity contribution in [1.82, 2.24) is 0 Å². The third-order valence-corrected chi connectivity index (χ3v) is 2.86. The molecule has 0 nitrogen and oxygen atoms in total. The van der Waals surface area contributed by atoms with Gasteiger partial charge in [0.1, 0.15) is 0 Å². The highest BCUT2D eigenvalue weighted by Crippen LogP contribution is 2.74. The second-order valence-corrected chi connectivity index (χ2v) is 3.93. The standard InChI is InChI=1S/C7H6F8/c1-3(2)4(8,7(13,14)15)6(11,12)5(3,9)10/h1-2H3. The lowest BCUT2D eigenvalue weighted by Gasteiger charge is -2.60. The Hall–Kier alpha value is -0.560. The van der Waals surface area contributed by atoms with Crippen molar-refractivity contribution in [3.63, 3.8) is 0 Å². The van der Waals surface area contributed by atoms with Crippen LogP contribution in [0.2, 0.25) is 0 Å². The van der Waals surface area contributed by atoms with Crippen molar-refractivity contribution in [3.05, 3.63) is 0 Å². The second kappa shape index (κ2) is 2.40. The van der Waals surface area contributed by atoms with Gasteiger partial charge in [-0.3, -0.25) is 0 Å². The van der Waals surface area contributed by atoms with Crippen LogP contribution in [0, 0.1) is 5.41 Å². The third kappa shape index (κ3) is 0.891. The number of hydrogen-bond acceptors (Lipinski definition) is 0. The van der Waals surface area contributed by atoms with Gasteiger partial charge in [-0.25, -0.2) is 4.39 Å². The highest BCUT2D eigenvalue weighted by molar-refractivity contribution is 5.29. The van der Waals surface area contributed by atoms with E-state index in [-0.39, 0.29) is 13.8 Å². The van der Waals surface area contributed by atoms with E-state index in [4.69, 9.17) is 0 Å². The molecule has 0 aromatic heterocycles. The lowest BCUT2D eigenvalue weighted by Crippen LogP contribution is -2.85. The number of halogens is 8. The molecule has 90 valence electrons. The van der Waals surface area contributed by atoms with Gasteiger partial charge in [0.25, 0.3) is 5.67 Å². The summed E-state index contributed by atoms with van der Waals surface area (Å²) >= 11 is 0. The minimum atomic E-state index is -6.04. The van der Waals surface area contributed by atoms with Crippen LogP contribution < -0.4 is 0 Å². The van der Waals surface area contributed by atoms with E-state index in [1.807, 2.05) is 0 Å². The Morgan fingerprint density at radius 3 is 1.20 bits per heavy atom. The van der Waals surface area contributed by atoms with Gasteiger partial charge < -0.3 is 0 Å². The molecule has 1 aliphatic rings. The number of rotatable bonds is 0. The molecule has 0 saturated heterocycles. The van der Waals surface area contributed by atoms with Gasteiger partial charge in [-0.15, -0.1) is 0 Å². The maximum Gasteiger partial charge on any atom is 0.429 e. The summed E-state index contributed by atoms with van der Waals surface area (Å²) in [5, 5.41) is 0. The molecule has 1 aliphatic carbocycles. The van der Waals surface area contributed by atoms with Crippen LogP contribution in [-0.4, -0.2) is 23.7 Å². The lowest BCUT2D eigenvalue weighted by atomic mass is 9.53. The van der Waals surface area contributed by atoms with Gasteiger partial charge in [0.2, 0.25) is 0 Å². The van der Waals surface area contributed by atoms with Crippen LogP contribution in [0.3, 0.4) is 0 Å². The third-order valence-electron chi connectivity index (χ3n) is 2.86. The molecule has 1 saturated carbocycles. The van der Waals surface area contributed by atoms with Gasteiger partial charge in [0, 0.05) is 0 Å². The van der Waals surface area contributed by atoms with E-state index < -0.39 is 29.1 Å². The SMILES string of the molecule is CC1(C)C(F)(F)C(F)(F)C1(F)C(F)(F)F. The topological polar surface area (TPSA) is 0 Å². The highest BCUT2D eigenvalue weighted by atomic mass is 19.4. The van der Waals surface area contributed by atoms with Crippen molar-refractivity contribution in [2.75, 3.05) is 0 Å². The Balaban J connectivity index is 3.36. The molecule has 8 heteroatoms. The molecule has 0 radical (unpaired) electrons. The fraction of sp³-hybridized carbons (Fsp3) is 1.00. The fourth-order valence-corrected chi connectivity index (χ4v) is 1.69. The summed E-state index contributed by atoms with van der Waals surface area (Å²) in [5.74, 6) is -10.8. The van der Waals surface area contributed by atoms with Crippen molar-refractivity contribution in [2.24, 2.45) is 5.41 Å². The first kappa shape index (κ1) is 12.5. The Labute approximate surface area is 79.2 Å². The molecule has 0 bridgehead atoms. The van der Waals surface area contributed by atoms with Crippen molar-refractivity contribution in [2.45, 2.75) is 37.5 Å². The molecule has 1 fully saturated rings. The average Bonchev–Trinajstić information content (AvgIpc) is 1.98. The van der Waals surface area contributed by atoms with E-state index in [0.29, 0.717) is 0 Å². The molecule has 0 aromatic carbocycles. The molecule has 1 rings (SSSR count). The van der Waals surface area contributed by atoms with E-state index in [9.17, 15) is 35.1 Å². The monoisotopic (exact) mass is 242 g/mol. The summed E-state index contributed by atoms with van der Waals surface area (Å²) in [6.45, 7) is 0.246. The second-order valence-electron chi connectivity index (χ2n) is 3.93. The first-order valence-corrected chi connectivity index (χ1v) is 3.76. The van der Waals surface area contributed by atoms with E-state index >= 15 is 0 Å². The zero-order valence-electron chi connectivity index (χ0n) is 7.52. The Kier molecular flexibility index (Phi) is 2.00. The molecule has 0 aliphatic heterocycles. The van der Waals surface area contributed by atoms with Gasteiger partial charge in [-0.1, -0.05) is 13.8 Å². The molecule has 0 aromatic rings. The molecule has 15 heavy (non-hydrogen) atoms. The Bertz CT molecular complexity index is 268. The average molecular weight is 242 g/mol. The van der Waals surface area contributed by atoms with Gasteiger partial charge >= 0.3 is 18.0 Å². The molecule has 1 atom stereocenters. The van der Waals surface area contributed by atoms with Crippen LogP contribution in [0.15, 0.2) is 0 Å². The molecule has 0 amide bonds. The lowest BCUT2D eigenvalue weighted by molar-refractivity contribution is -0.487. The first-order chi connectivity index (χ1) is 6.25. The van der Waals surface area contributed by atoms with Crippen LogP contribution in [0.5, 0.6) is 0 Å². The van der Waals surface area contributed by atoms with Crippen molar-refractivity contribution >= 4 is 0 Å². The van der Waals surface area contributed by atoms with Gasteiger partial charge in [-0.05, 0) is 0 Å². The van der Waals surface area contributed by atoms with Crippen LogP contribution in [0.1, 0.15) is 13.8 Å². The van der Waals surface area contributed by atoms with Crippen molar-refractivity contribution in [3.8, 4) is 0 Å². The van der Waals surface area contributed by atoms with Crippen LogP contribution in [0.25, 0.3) is 0 Å². The predicted molar refractivity (Wildman–Crippen MR) is 33.6 cm³/mol. The quantitative estimate of drug-likeness (QED) is 0.569. The van der Waals surface area contributed by atoms with Crippen molar-refractivity contribution < 1.29 is 35.1 Å². The van der Waals surface area contributed by atoms with Gasteiger partial charge in [0.05, 0.1) is 5.41 Å². The Morgan fingerprint density at radius 1 is 0.733 bits per heavy atom. The van der Waals surface area contributed by atoms with E-state index in [1.165, 1.54) is 0 Å². The van der Waals surface area contributed by atoms with Gasteiger partial charge in [0.15, 0.2) is 0 Å². The minimum Gasteiger partial charge on any atom is -0.226 e. The zero-order chi connectivity index (χ0) is 12.5. The minimum absolute atomic E-state index is 0.123. The first-order valence-electron chi connectivity index (χ1n) is 3.76. The smallest absolute Gasteiger partial charge is 0.226 e. The summed E-state index contributed by atoms with van der Waals surface area (Å²) in [6, 6.07) is 0. The van der Waals surface area contributed by atoms with E-state index in [1.54, 1.807) is 0 Å². The molecule has 0 N–H and O–H groups in total. The van der Waals surface area contributed by atoms with Crippen LogP contribution >= 0.6 is 0 Å². The molecule has 1 unspecified atom stereocenters. The maximum absolute atomic E-state index is 13.1. The number of alkyl halides is 8. The summed E-state index contributed by atoms with van der Waals surface area (Å²) in [7, 11) is 0. The van der Waals surface area contributed by atoms with Crippen LogP contribution in [-0.2, 0) is 0 Å². The molecule has 0 heterocycles. The summed E-state index contributed by atoms with van der Waals surface area (Å²) in [5.41, 5.74) is -8.68. The molecule has 0 spiro atoms. The number of hydrogen-bond donors (Lipinski definition) is 0.